The predicted octanol–water partition coefficient (Wildman–Crippen LogP) is 4.80. The van der Waals surface area contributed by atoms with Gasteiger partial charge in [-0.15, -0.1) is 0 Å². The fourth-order valence-electron chi connectivity index (χ4n) is 2.49. The van der Waals surface area contributed by atoms with E-state index in [9.17, 15) is 0 Å². The minimum Gasteiger partial charge on any atom is -0.368 e. The largest absolute Gasteiger partial charge is 0.368 e. The molecule has 1 fully saturated rings. The molecule has 120 valence electrons. The Morgan fingerprint density at radius 2 is 1.43 bits per heavy atom. The Hall–Kier alpha value is -1.42. The van der Waals surface area contributed by atoms with Crippen molar-refractivity contribution < 1.29 is 0 Å². The fraction of sp³-hybridized carbons (Fsp3) is 0.235. The zero-order valence-electron chi connectivity index (χ0n) is 12.4. The summed E-state index contributed by atoms with van der Waals surface area (Å²) in [6.45, 7) is 3.52. The first kappa shape index (κ1) is 16.4. The van der Waals surface area contributed by atoms with Gasteiger partial charge in [0.1, 0.15) is 0 Å². The highest BCUT2D eigenvalue weighted by molar-refractivity contribution is 6.38. The van der Waals surface area contributed by atoms with Crippen molar-refractivity contribution in [2.45, 2.75) is 0 Å². The van der Waals surface area contributed by atoms with Crippen LogP contribution in [0.25, 0.3) is 0 Å². The van der Waals surface area contributed by atoms with E-state index >= 15 is 0 Å². The molecule has 3 rings (SSSR count). The number of piperazine rings is 1. The molecule has 23 heavy (non-hydrogen) atoms. The minimum absolute atomic E-state index is 0.612. The van der Waals surface area contributed by atoms with E-state index in [1.807, 2.05) is 47.5 Å². The van der Waals surface area contributed by atoms with E-state index in [4.69, 9.17) is 34.8 Å². The molecule has 0 spiro atoms. The first-order valence-corrected chi connectivity index (χ1v) is 8.50. The van der Waals surface area contributed by atoms with Crippen LogP contribution in [0.5, 0.6) is 0 Å². The van der Waals surface area contributed by atoms with Gasteiger partial charge in [-0.25, -0.2) is 0 Å². The average Bonchev–Trinajstić information content (AvgIpc) is 2.56. The van der Waals surface area contributed by atoms with E-state index in [2.05, 4.69) is 10.0 Å². The van der Waals surface area contributed by atoms with E-state index < -0.39 is 0 Å². The zero-order valence-corrected chi connectivity index (χ0v) is 14.7. The summed E-state index contributed by atoms with van der Waals surface area (Å²) >= 11 is 18.2. The lowest BCUT2D eigenvalue weighted by molar-refractivity contribution is 0.272. The molecular formula is C17H16Cl3N3. The molecule has 0 unspecified atom stereocenters. The van der Waals surface area contributed by atoms with Crippen molar-refractivity contribution in [2.75, 3.05) is 31.1 Å². The number of halogens is 3. The molecule has 6 heteroatoms. The van der Waals surface area contributed by atoms with Gasteiger partial charge in [0.2, 0.25) is 0 Å². The molecule has 2 aromatic carbocycles. The van der Waals surface area contributed by atoms with Crippen molar-refractivity contribution in [2.24, 2.45) is 5.10 Å². The molecule has 0 aliphatic carbocycles. The third-order valence-electron chi connectivity index (χ3n) is 3.80. The highest BCUT2D eigenvalue weighted by Crippen LogP contribution is 2.23. The van der Waals surface area contributed by atoms with E-state index in [0.29, 0.717) is 10.0 Å². The minimum atomic E-state index is 0.612. The van der Waals surface area contributed by atoms with Gasteiger partial charge in [-0.05, 0) is 36.4 Å². The van der Waals surface area contributed by atoms with Crippen LogP contribution in [-0.4, -0.2) is 37.4 Å². The summed E-state index contributed by atoms with van der Waals surface area (Å²) in [6, 6.07) is 13.4. The van der Waals surface area contributed by atoms with Crippen molar-refractivity contribution in [1.29, 1.82) is 0 Å². The monoisotopic (exact) mass is 367 g/mol. The van der Waals surface area contributed by atoms with Gasteiger partial charge in [0.15, 0.2) is 0 Å². The fourth-order valence-corrected chi connectivity index (χ4v) is 3.12. The van der Waals surface area contributed by atoms with Gasteiger partial charge < -0.3 is 4.90 Å². The summed E-state index contributed by atoms with van der Waals surface area (Å²) in [5.41, 5.74) is 1.95. The SMILES string of the molecule is Clc1ccc(N2CCN(/N=C\c3c(Cl)cccc3Cl)CC2)cc1. The lowest BCUT2D eigenvalue weighted by atomic mass is 10.2. The molecule has 1 aliphatic heterocycles. The van der Waals surface area contributed by atoms with Gasteiger partial charge >= 0.3 is 0 Å². The summed E-state index contributed by atoms with van der Waals surface area (Å²) in [7, 11) is 0. The Kier molecular flexibility index (Phi) is 5.31. The number of hydrogen-bond donors (Lipinski definition) is 0. The van der Waals surface area contributed by atoms with Crippen LogP contribution in [0.2, 0.25) is 15.1 Å². The standard InChI is InChI=1S/C17H16Cl3N3/c18-13-4-6-14(7-5-13)22-8-10-23(11-9-22)21-12-15-16(19)2-1-3-17(15)20/h1-7,12H,8-11H2/b21-12-. The quantitative estimate of drug-likeness (QED) is 0.724. The van der Waals surface area contributed by atoms with Crippen molar-refractivity contribution in [1.82, 2.24) is 5.01 Å². The van der Waals surface area contributed by atoms with Gasteiger partial charge in [0.05, 0.1) is 29.3 Å². The second-order valence-electron chi connectivity index (χ2n) is 5.30. The van der Waals surface area contributed by atoms with Gasteiger partial charge in [0.25, 0.3) is 0 Å². The van der Waals surface area contributed by atoms with Gasteiger partial charge in [-0.3, -0.25) is 5.01 Å². The highest BCUT2D eigenvalue weighted by Gasteiger charge is 2.15. The zero-order chi connectivity index (χ0) is 16.2. The molecule has 1 heterocycles. The third kappa shape index (κ3) is 4.11. The smallest absolute Gasteiger partial charge is 0.0572 e. The Labute approximate surface area is 151 Å². The molecule has 0 radical (unpaired) electrons. The van der Waals surface area contributed by atoms with Gasteiger partial charge in [0, 0.05) is 29.4 Å². The van der Waals surface area contributed by atoms with E-state index in [0.717, 1.165) is 36.8 Å². The van der Waals surface area contributed by atoms with E-state index in [-0.39, 0.29) is 0 Å². The molecule has 0 N–H and O–H groups in total. The van der Waals surface area contributed by atoms with Crippen molar-refractivity contribution in [3.8, 4) is 0 Å². The summed E-state index contributed by atoms with van der Waals surface area (Å²) in [5.74, 6) is 0. The van der Waals surface area contributed by atoms with Crippen molar-refractivity contribution in [3.05, 3.63) is 63.1 Å². The maximum Gasteiger partial charge on any atom is 0.0572 e. The van der Waals surface area contributed by atoms with Crippen LogP contribution in [0, 0.1) is 0 Å². The second kappa shape index (κ2) is 7.43. The Morgan fingerprint density at radius 1 is 0.826 bits per heavy atom. The lowest BCUT2D eigenvalue weighted by Gasteiger charge is -2.34. The van der Waals surface area contributed by atoms with E-state index in [1.54, 1.807) is 6.21 Å². The summed E-state index contributed by atoms with van der Waals surface area (Å²) in [4.78, 5) is 2.32. The molecule has 0 amide bonds. The maximum atomic E-state index is 6.15. The average molecular weight is 369 g/mol. The number of nitrogens with zero attached hydrogens (tertiary/aromatic N) is 3. The van der Waals surface area contributed by atoms with Crippen LogP contribution in [0.15, 0.2) is 47.6 Å². The van der Waals surface area contributed by atoms with Crippen LogP contribution < -0.4 is 4.90 Å². The Balaban J connectivity index is 1.61. The summed E-state index contributed by atoms with van der Waals surface area (Å²) < 4.78 is 0. The number of benzene rings is 2. The van der Waals surface area contributed by atoms with Crippen LogP contribution in [0.4, 0.5) is 5.69 Å². The number of rotatable bonds is 3. The molecule has 0 bridgehead atoms. The first-order chi connectivity index (χ1) is 11.1. The molecule has 2 aromatic rings. The molecule has 0 saturated carbocycles. The van der Waals surface area contributed by atoms with Crippen LogP contribution >= 0.6 is 34.8 Å². The summed E-state index contributed by atoms with van der Waals surface area (Å²) in [6.07, 6.45) is 1.74. The Bertz CT molecular complexity index is 672. The first-order valence-electron chi connectivity index (χ1n) is 7.37. The Morgan fingerprint density at radius 3 is 2.04 bits per heavy atom. The second-order valence-corrected chi connectivity index (χ2v) is 6.55. The predicted molar refractivity (Wildman–Crippen MR) is 99.3 cm³/mol. The van der Waals surface area contributed by atoms with Gasteiger partial charge in [-0.2, -0.15) is 5.10 Å². The maximum absolute atomic E-state index is 6.15. The van der Waals surface area contributed by atoms with Gasteiger partial charge in [-0.1, -0.05) is 40.9 Å². The normalized spacial score (nSPS) is 15.4. The topological polar surface area (TPSA) is 18.8 Å². The van der Waals surface area contributed by atoms with Crippen LogP contribution in [0.3, 0.4) is 0 Å². The van der Waals surface area contributed by atoms with Crippen LogP contribution in [0.1, 0.15) is 5.56 Å². The third-order valence-corrected chi connectivity index (χ3v) is 4.71. The number of hydrazone groups is 1. The summed E-state index contributed by atoms with van der Waals surface area (Å²) in [5, 5.41) is 8.52. The van der Waals surface area contributed by atoms with E-state index in [1.165, 1.54) is 5.69 Å². The number of anilines is 1. The molecule has 1 aliphatic rings. The lowest BCUT2D eigenvalue weighted by Crippen LogP contribution is -2.44. The number of hydrogen-bond acceptors (Lipinski definition) is 3. The molecule has 0 aromatic heterocycles. The van der Waals surface area contributed by atoms with Crippen molar-refractivity contribution >= 4 is 46.7 Å². The molecule has 3 nitrogen and oxygen atoms in total. The molecular weight excluding hydrogens is 353 g/mol. The van der Waals surface area contributed by atoms with Crippen molar-refractivity contribution in [3.63, 3.8) is 0 Å². The molecule has 0 atom stereocenters. The highest BCUT2D eigenvalue weighted by atomic mass is 35.5. The molecule has 1 saturated heterocycles. The van der Waals surface area contributed by atoms with Crippen LogP contribution in [-0.2, 0) is 0 Å².